The van der Waals surface area contributed by atoms with Gasteiger partial charge in [0.1, 0.15) is 5.82 Å². The van der Waals surface area contributed by atoms with Crippen LogP contribution in [0.3, 0.4) is 0 Å². The maximum Gasteiger partial charge on any atom is 0.243 e. The summed E-state index contributed by atoms with van der Waals surface area (Å²) in [5, 5.41) is 0. The van der Waals surface area contributed by atoms with Gasteiger partial charge in [-0.05, 0) is 74.9 Å². The van der Waals surface area contributed by atoms with Crippen LogP contribution in [-0.4, -0.2) is 53.1 Å². The lowest BCUT2D eigenvalue weighted by atomic mass is 9.96. The van der Waals surface area contributed by atoms with Crippen molar-refractivity contribution in [2.45, 2.75) is 50.5 Å². The molecule has 5 rings (SSSR count). The largest absolute Gasteiger partial charge is 0.340 e. The summed E-state index contributed by atoms with van der Waals surface area (Å²) >= 11 is 0. The van der Waals surface area contributed by atoms with Gasteiger partial charge in [-0.3, -0.25) is 4.79 Å². The van der Waals surface area contributed by atoms with E-state index in [4.69, 9.17) is 4.98 Å². The number of aryl methyl sites for hydroxylation is 2. The smallest absolute Gasteiger partial charge is 0.243 e. The van der Waals surface area contributed by atoms with Crippen molar-refractivity contribution in [3.63, 3.8) is 0 Å². The first-order chi connectivity index (χ1) is 15.8. The normalized spacial score (nSPS) is 20.5. The standard InChI is InChI=1S/C25H30N4O3S/c1-17-9-10-20(16-18(17)2)33(31,32)28-14-11-19(12-15-28)25(30)29-13-5-8-23(29)24-26-21-6-3-4-7-22(21)27-24/h3-4,6-7,9-10,16,19,23H,5,8,11-15H2,1-2H3,(H,26,27). The van der Waals surface area contributed by atoms with E-state index >= 15 is 0 Å². The van der Waals surface area contributed by atoms with Gasteiger partial charge in [-0.15, -0.1) is 0 Å². The van der Waals surface area contributed by atoms with Gasteiger partial charge in [-0.1, -0.05) is 18.2 Å². The van der Waals surface area contributed by atoms with E-state index in [1.54, 1.807) is 12.1 Å². The number of H-pyrrole nitrogens is 1. The van der Waals surface area contributed by atoms with Gasteiger partial charge in [0.25, 0.3) is 0 Å². The molecule has 2 aliphatic heterocycles. The molecule has 0 bridgehead atoms. The molecule has 0 aliphatic carbocycles. The average molecular weight is 467 g/mol. The summed E-state index contributed by atoms with van der Waals surface area (Å²) in [6, 6.07) is 13.1. The molecular weight excluding hydrogens is 436 g/mol. The van der Waals surface area contributed by atoms with E-state index in [-0.39, 0.29) is 17.9 Å². The fraction of sp³-hybridized carbons (Fsp3) is 0.440. The number of likely N-dealkylation sites (tertiary alicyclic amines) is 1. The molecule has 2 fully saturated rings. The Hall–Kier alpha value is -2.71. The zero-order valence-corrected chi connectivity index (χ0v) is 19.9. The number of carbonyl (C=O) groups is 1. The van der Waals surface area contributed by atoms with Crippen molar-refractivity contribution >= 4 is 27.0 Å². The Morgan fingerprint density at radius 1 is 1.00 bits per heavy atom. The Morgan fingerprint density at radius 3 is 2.48 bits per heavy atom. The molecular formula is C25H30N4O3S. The van der Waals surface area contributed by atoms with Gasteiger partial charge in [0, 0.05) is 25.6 Å². The highest BCUT2D eigenvalue weighted by Gasteiger charge is 2.38. The van der Waals surface area contributed by atoms with Crippen LogP contribution in [-0.2, 0) is 14.8 Å². The van der Waals surface area contributed by atoms with E-state index in [2.05, 4.69) is 4.98 Å². The van der Waals surface area contributed by atoms with Gasteiger partial charge in [0.2, 0.25) is 15.9 Å². The van der Waals surface area contributed by atoms with E-state index in [0.29, 0.717) is 30.8 Å². The van der Waals surface area contributed by atoms with Crippen LogP contribution in [0.2, 0.25) is 0 Å². The minimum atomic E-state index is -3.54. The highest BCUT2D eigenvalue weighted by atomic mass is 32.2. The number of hydrogen-bond donors (Lipinski definition) is 1. The minimum Gasteiger partial charge on any atom is -0.340 e. The number of imidazole rings is 1. The second kappa shape index (κ2) is 8.57. The van der Waals surface area contributed by atoms with Crippen LogP contribution in [0.4, 0.5) is 0 Å². The Labute approximate surface area is 194 Å². The zero-order chi connectivity index (χ0) is 23.2. The van der Waals surface area contributed by atoms with Crippen molar-refractivity contribution < 1.29 is 13.2 Å². The van der Waals surface area contributed by atoms with Crippen LogP contribution in [0.1, 0.15) is 48.7 Å². The number of hydrogen-bond acceptors (Lipinski definition) is 4. The molecule has 2 aliphatic rings. The fourth-order valence-electron chi connectivity index (χ4n) is 5.05. The molecule has 8 heteroatoms. The topological polar surface area (TPSA) is 86.4 Å². The highest BCUT2D eigenvalue weighted by molar-refractivity contribution is 7.89. The van der Waals surface area contributed by atoms with Crippen molar-refractivity contribution in [3.8, 4) is 0 Å². The summed E-state index contributed by atoms with van der Waals surface area (Å²) in [5.74, 6) is 0.819. The lowest BCUT2D eigenvalue weighted by molar-refractivity contribution is -0.137. The van der Waals surface area contributed by atoms with Crippen LogP contribution in [0.15, 0.2) is 47.4 Å². The van der Waals surface area contributed by atoms with Gasteiger partial charge in [0.05, 0.1) is 22.0 Å². The molecule has 174 valence electrons. The molecule has 0 radical (unpaired) electrons. The lowest BCUT2D eigenvalue weighted by Gasteiger charge is -2.34. The monoisotopic (exact) mass is 466 g/mol. The van der Waals surface area contributed by atoms with E-state index in [1.165, 1.54) is 4.31 Å². The summed E-state index contributed by atoms with van der Waals surface area (Å²) in [7, 11) is -3.54. The van der Waals surface area contributed by atoms with Crippen molar-refractivity contribution in [1.29, 1.82) is 0 Å². The average Bonchev–Trinajstić information content (AvgIpc) is 3.47. The summed E-state index contributed by atoms with van der Waals surface area (Å²) in [6.45, 7) is 5.36. The van der Waals surface area contributed by atoms with Crippen molar-refractivity contribution in [1.82, 2.24) is 19.2 Å². The van der Waals surface area contributed by atoms with Crippen LogP contribution >= 0.6 is 0 Å². The summed E-state index contributed by atoms with van der Waals surface area (Å²) in [4.78, 5) is 23.8. The van der Waals surface area contributed by atoms with E-state index in [9.17, 15) is 13.2 Å². The van der Waals surface area contributed by atoms with Crippen LogP contribution in [0.25, 0.3) is 11.0 Å². The third-order valence-electron chi connectivity index (χ3n) is 7.18. The maximum atomic E-state index is 13.4. The Balaban J connectivity index is 1.27. The van der Waals surface area contributed by atoms with Gasteiger partial charge in [-0.2, -0.15) is 4.31 Å². The number of rotatable bonds is 4. The molecule has 3 aromatic rings. The van der Waals surface area contributed by atoms with Crippen molar-refractivity contribution in [2.24, 2.45) is 5.92 Å². The number of aromatic amines is 1. The molecule has 0 saturated carbocycles. The third kappa shape index (κ3) is 4.06. The molecule has 1 unspecified atom stereocenters. The van der Waals surface area contributed by atoms with Gasteiger partial charge in [-0.25, -0.2) is 13.4 Å². The predicted octanol–water partition coefficient (Wildman–Crippen LogP) is 3.94. The maximum absolute atomic E-state index is 13.4. The molecule has 1 aromatic heterocycles. The van der Waals surface area contributed by atoms with Crippen molar-refractivity contribution in [2.75, 3.05) is 19.6 Å². The second-order valence-electron chi connectivity index (χ2n) is 9.25. The van der Waals surface area contributed by atoms with E-state index < -0.39 is 10.0 Å². The van der Waals surface area contributed by atoms with Gasteiger partial charge >= 0.3 is 0 Å². The number of piperidine rings is 1. The van der Waals surface area contributed by atoms with Crippen LogP contribution in [0.5, 0.6) is 0 Å². The predicted molar refractivity (Wildman–Crippen MR) is 127 cm³/mol. The highest BCUT2D eigenvalue weighted by Crippen LogP contribution is 2.35. The number of aromatic nitrogens is 2. The summed E-state index contributed by atoms with van der Waals surface area (Å²) < 4.78 is 27.8. The number of nitrogens with one attached hydrogen (secondary N) is 1. The number of benzene rings is 2. The second-order valence-corrected chi connectivity index (χ2v) is 11.2. The summed E-state index contributed by atoms with van der Waals surface area (Å²) in [5.41, 5.74) is 3.93. The molecule has 1 atom stereocenters. The molecule has 7 nitrogen and oxygen atoms in total. The zero-order valence-electron chi connectivity index (χ0n) is 19.1. The van der Waals surface area contributed by atoms with E-state index in [0.717, 1.165) is 47.4 Å². The van der Waals surface area contributed by atoms with E-state index in [1.807, 2.05) is 49.1 Å². The number of sulfonamides is 1. The Kier molecular flexibility index (Phi) is 5.74. The number of amides is 1. The number of nitrogens with zero attached hydrogens (tertiary/aromatic N) is 3. The van der Waals surface area contributed by atoms with Crippen LogP contribution in [0, 0.1) is 19.8 Å². The first-order valence-corrected chi connectivity index (χ1v) is 13.1. The fourth-order valence-corrected chi connectivity index (χ4v) is 6.60. The molecule has 1 N–H and O–H groups in total. The number of para-hydroxylation sites is 2. The van der Waals surface area contributed by atoms with Gasteiger partial charge < -0.3 is 9.88 Å². The van der Waals surface area contributed by atoms with Crippen molar-refractivity contribution in [3.05, 3.63) is 59.4 Å². The lowest BCUT2D eigenvalue weighted by Crippen LogP contribution is -2.44. The summed E-state index contributed by atoms with van der Waals surface area (Å²) in [6.07, 6.45) is 2.94. The molecule has 2 aromatic carbocycles. The third-order valence-corrected chi connectivity index (χ3v) is 9.07. The quantitative estimate of drug-likeness (QED) is 0.631. The minimum absolute atomic E-state index is 0.0396. The number of carbonyl (C=O) groups excluding carboxylic acids is 1. The number of fused-ring (bicyclic) bond motifs is 1. The SMILES string of the molecule is Cc1ccc(S(=O)(=O)N2CCC(C(=O)N3CCCC3c3nc4ccccc4[nH]3)CC2)cc1C. The van der Waals surface area contributed by atoms with Gasteiger partial charge in [0.15, 0.2) is 0 Å². The Morgan fingerprint density at radius 2 is 1.76 bits per heavy atom. The Bertz CT molecular complexity index is 1260. The first-order valence-electron chi connectivity index (χ1n) is 11.7. The van der Waals surface area contributed by atoms with Crippen LogP contribution < -0.4 is 0 Å². The first kappa shape index (κ1) is 22.1. The molecule has 33 heavy (non-hydrogen) atoms. The molecule has 1 amide bonds. The molecule has 2 saturated heterocycles. The molecule has 3 heterocycles. The molecule has 0 spiro atoms.